The molecule has 0 aliphatic heterocycles. The number of anilines is 1. The van der Waals surface area contributed by atoms with E-state index in [0.29, 0.717) is 0 Å². The Balaban J connectivity index is 2.81. The summed E-state index contributed by atoms with van der Waals surface area (Å²) in [7, 11) is 0. The molecule has 4 N–H and O–H groups in total. The van der Waals surface area contributed by atoms with Crippen LogP contribution in [0.4, 0.5) is 5.69 Å². The first-order valence-electron chi connectivity index (χ1n) is 4.23. The first-order chi connectivity index (χ1) is 7.04. The Morgan fingerprint density at radius 2 is 2.20 bits per heavy atom. The van der Waals surface area contributed by atoms with E-state index in [1.165, 1.54) is 0 Å². The highest BCUT2D eigenvalue weighted by molar-refractivity contribution is 9.11. The van der Waals surface area contributed by atoms with Gasteiger partial charge in [-0.3, -0.25) is 0 Å². The van der Waals surface area contributed by atoms with Crippen molar-refractivity contribution in [2.45, 2.75) is 13.0 Å². The second-order valence-corrected chi connectivity index (χ2v) is 4.79. The van der Waals surface area contributed by atoms with Gasteiger partial charge in [0.2, 0.25) is 0 Å². The number of rotatable bonds is 3. The number of nitrogens with one attached hydrogen (secondary N) is 1. The summed E-state index contributed by atoms with van der Waals surface area (Å²) in [5, 5.41) is 14.5. The Hall–Kier alpha value is -0.750. The van der Waals surface area contributed by atoms with Crippen LogP contribution >= 0.6 is 31.9 Å². The molecule has 1 aromatic rings. The molecule has 0 radical (unpaired) electrons. The van der Waals surface area contributed by atoms with Gasteiger partial charge in [0.25, 0.3) is 0 Å². The number of nitrogens with zero attached hydrogens (tertiary/aromatic N) is 1. The predicted molar refractivity (Wildman–Crippen MR) is 68.3 cm³/mol. The molecule has 0 heterocycles. The summed E-state index contributed by atoms with van der Waals surface area (Å²) in [5.41, 5.74) is 6.34. The van der Waals surface area contributed by atoms with Crippen molar-refractivity contribution in [3.05, 3.63) is 27.1 Å². The van der Waals surface area contributed by atoms with Gasteiger partial charge in [-0.1, -0.05) is 21.1 Å². The highest BCUT2D eigenvalue weighted by Gasteiger charge is 2.09. The van der Waals surface area contributed by atoms with Crippen molar-refractivity contribution in [2.75, 3.05) is 5.32 Å². The molecule has 1 atom stereocenters. The molecule has 1 rings (SSSR count). The van der Waals surface area contributed by atoms with Crippen LogP contribution in [-0.2, 0) is 0 Å². The van der Waals surface area contributed by atoms with E-state index in [1.54, 1.807) is 0 Å². The Kier molecular flexibility index (Phi) is 4.41. The molecule has 0 spiro atoms. The van der Waals surface area contributed by atoms with Gasteiger partial charge in [-0.15, -0.1) is 0 Å². The molecule has 1 aromatic carbocycles. The van der Waals surface area contributed by atoms with Gasteiger partial charge >= 0.3 is 0 Å². The van der Waals surface area contributed by atoms with Crippen molar-refractivity contribution in [1.82, 2.24) is 0 Å². The van der Waals surface area contributed by atoms with Gasteiger partial charge in [-0.05, 0) is 41.1 Å². The molecule has 6 heteroatoms. The Labute approximate surface area is 105 Å². The molecule has 0 saturated heterocycles. The van der Waals surface area contributed by atoms with Gasteiger partial charge in [0.15, 0.2) is 5.84 Å². The van der Waals surface area contributed by atoms with Crippen LogP contribution in [0.5, 0.6) is 0 Å². The molecule has 0 aromatic heterocycles. The normalized spacial score (nSPS) is 13.7. The number of nitrogens with two attached hydrogens (primary N) is 1. The van der Waals surface area contributed by atoms with E-state index in [9.17, 15) is 0 Å². The van der Waals surface area contributed by atoms with Gasteiger partial charge in [-0.25, -0.2) is 0 Å². The van der Waals surface area contributed by atoms with Crippen molar-refractivity contribution >= 4 is 43.4 Å². The molecule has 1 unspecified atom stereocenters. The van der Waals surface area contributed by atoms with Crippen LogP contribution in [0.15, 0.2) is 32.3 Å². The lowest BCUT2D eigenvalue weighted by Crippen LogP contribution is -2.32. The standard InChI is InChI=1S/C9H11Br2N3O/c1-5(9(12)14-15)13-8-3-2-6(10)4-7(8)11/h2-5,13,15H,1H3,(H2,12,14). The molecule has 82 valence electrons. The third-order valence-corrected chi connectivity index (χ3v) is 3.01. The lowest BCUT2D eigenvalue weighted by molar-refractivity contribution is 0.316. The van der Waals surface area contributed by atoms with Crippen LogP contribution in [0.1, 0.15) is 6.92 Å². The van der Waals surface area contributed by atoms with Crippen LogP contribution in [0.25, 0.3) is 0 Å². The van der Waals surface area contributed by atoms with Crippen LogP contribution in [0.3, 0.4) is 0 Å². The van der Waals surface area contributed by atoms with Crippen LogP contribution < -0.4 is 11.1 Å². The van der Waals surface area contributed by atoms with Crippen molar-refractivity contribution in [3.8, 4) is 0 Å². The second kappa shape index (κ2) is 5.37. The zero-order chi connectivity index (χ0) is 11.4. The quantitative estimate of drug-likeness (QED) is 0.344. The summed E-state index contributed by atoms with van der Waals surface area (Å²) in [6, 6.07) is 5.50. The smallest absolute Gasteiger partial charge is 0.161 e. The lowest BCUT2D eigenvalue weighted by atomic mass is 10.2. The molecular formula is C9H11Br2N3O. The summed E-state index contributed by atoms with van der Waals surface area (Å²) in [6.07, 6.45) is 0. The molecule has 15 heavy (non-hydrogen) atoms. The molecule has 4 nitrogen and oxygen atoms in total. The van der Waals surface area contributed by atoms with E-state index in [0.717, 1.165) is 14.6 Å². The molecule has 0 aliphatic rings. The minimum absolute atomic E-state index is 0.143. The lowest BCUT2D eigenvalue weighted by Gasteiger charge is -2.14. The van der Waals surface area contributed by atoms with E-state index in [2.05, 4.69) is 42.3 Å². The molecule has 0 aliphatic carbocycles. The maximum atomic E-state index is 8.50. The number of hydrogen-bond donors (Lipinski definition) is 3. The average molecular weight is 337 g/mol. The molecule has 0 saturated carbocycles. The second-order valence-electron chi connectivity index (χ2n) is 3.02. The summed E-state index contributed by atoms with van der Waals surface area (Å²) >= 11 is 6.77. The van der Waals surface area contributed by atoms with Gasteiger partial charge in [0.1, 0.15) is 0 Å². The Morgan fingerprint density at radius 3 is 2.73 bits per heavy atom. The Bertz CT molecular complexity index is 382. The average Bonchev–Trinajstić information content (AvgIpc) is 2.20. The van der Waals surface area contributed by atoms with Crippen molar-refractivity contribution < 1.29 is 5.21 Å². The number of oxime groups is 1. The van der Waals surface area contributed by atoms with Crippen molar-refractivity contribution in [3.63, 3.8) is 0 Å². The van der Waals surface area contributed by atoms with E-state index in [4.69, 9.17) is 10.9 Å². The summed E-state index contributed by atoms with van der Waals surface area (Å²) in [4.78, 5) is 0. The highest BCUT2D eigenvalue weighted by atomic mass is 79.9. The summed E-state index contributed by atoms with van der Waals surface area (Å²) < 4.78 is 1.89. The van der Waals surface area contributed by atoms with E-state index in [1.807, 2.05) is 25.1 Å². The monoisotopic (exact) mass is 335 g/mol. The molecule has 0 fully saturated rings. The molecule has 0 amide bonds. The topological polar surface area (TPSA) is 70.6 Å². The number of benzene rings is 1. The maximum absolute atomic E-state index is 8.50. The third-order valence-electron chi connectivity index (χ3n) is 1.86. The summed E-state index contributed by atoms with van der Waals surface area (Å²) in [6.45, 7) is 1.81. The zero-order valence-corrected chi connectivity index (χ0v) is 11.2. The largest absolute Gasteiger partial charge is 0.409 e. The van der Waals surface area contributed by atoms with E-state index in [-0.39, 0.29) is 11.9 Å². The first kappa shape index (κ1) is 12.3. The SMILES string of the molecule is CC(Nc1ccc(Br)cc1Br)C(N)=NO. The minimum Gasteiger partial charge on any atom is -0.409 e. The number of halogens is 2. The van der Waals surface area contributed by atoms with Gasteiger partial charge < -0.3 is 16.3 Å². The van der Waals surface area contributed by atoms with Crippen LogP contribution in [-0.4, -0.2) is 17.1 Å². The van der Waals surface area contributed by atoms with E-state index < -0.39 is 0 Å². The highest BCUT2D eigenvalue weighted by Crippen LogP contribution is 2.26. The van der Waals surface area contributed by atoms with Gasteiger partial charge in [0, 0.05) is 14.6 Å². The van der Waals surface area contributed by atoms with Crippen molar-refractivity contribution in [1.29, 1.82) is 0 Å². The molecular weight excluding hydrogens is 326 g/mol. The fourth-order valence-corrected chi connectivity index (χ4v) is 2.16. The predicted octanol–water partition coefficient (Wildman–Crippen LogP) is 2.76. The van der Waals surface area contributed by atoms with Gasteiger partial charge in [0.05, 0.1) is 6.04 Å². The van der Waals surface area contributed by atoms with E-state index >= 15 is 0 Å². The Morgan fingerprint density at radius 1 is 1.53 bits per heavy atom. The van der Waals surface area contributed by atoms with Crippen LogP contribution in [0.2, 0.25) is 0 Å². The third kappa shape index (κ3) is 3.39. The summed E-state index contributed by atoms with van der Waals surface area (Å²) in [5.74, 6) is 0.143. The molecule has 0 bridgehead atoms. The fraction of sp³-hybridized carbons (Fsp3) is 0.222. The number of hydrogen-bond acceptors (Lipinski definition) is 3. The number of amidine groups is 1. The maximum Gasteiger partial charge on any atom is 0.161 e. The van der Waals surface area contributed by atoms with Crippen LogP contribution in [0, 0.1) is 0 Å². The first-order valence-corrected chi connectivity index (χ1v) is 5.82. The fourth-order valence-electron chi connectivity index (χ4n) is 1.00. The van der Waals surface area contributed by atoms with Crippen molar-refractivity contribution in [2.24, 2.45) is 10.9 Å². The van der Waals surface area contributed by atoms with Gasteiger partial charge in [-0.2, -0.15) is 0 Å². The zero-order valence-electron chi connectivity index (χ0n) is 8.04. The minimum atomic E-state index is -0.229.